The Labute approximate surface area is 148 Å². The Balaban J connectivity index is 0.00000169. The molecule has 1 saturated heterocycles. The van der Waals surface area contributed by atoms with Gasteiger partial charge in [0.15, 0.2) is 0 Å². The van der Waals surface area contributed by atoms with Gasteiger partial charge in [-0.15, -0.1) is 12.4 Å². The minimum atomic E-state index is 0. The first kappa shape index (κ1) is 17.0. The average molecular weight is 343 g/mol. The molecule has 1 aliphatic rings. The van der Waals surface area contributed by atoms with E-state index in [9.17, 15) is 0 Å². The molecule has 126 valence electrons. The Morgan fingerprint density at radius 2 is 1.92 bits per heavy atom. The second kappa shape index (κ2) is 6.93. The molecule has 4 nitrogen and oxygen atoms in total. The molecule has 0 aliphatic carbocycles. The summed E-state index contributed by atoms with van der Waals surface area (Å²) in [4.78, 5) is 6.90. The number of fused-ring (bicyclic) bond motifs is 1. The summed E-state index contributed by atoms with van der Waals surface area (Å²) < 4.78 is 2.05. The zero-order valence-electron chi connectivity index (χ0n) is 13.8. The molecule has 2 N–H and O–H groups in total. The summed E-state index contributed by atoms with van der Waals surface area (Å²) >= 11 is 0. The molecular weight excluding hydrogens is 320 g/mol. The van der Waals surface area contributed by atoms with Gasteiger partial charge in [0, 0.05) is 38.6 Å². The van der Waals surface area contributed by atoms with E-state index in [0.717, 1.165) is 25.2 Å². The Morgan fingerprint density at radius 3 is 2.71 bits per heavy atom. The molecule has 1 fully saturated rings. The number of nitrogens with zero attached hydrogens (tertiary/aromatic N) is 3. The third-order valence-corrected chi connectivity index (χ3v) is 4.86. The van der Waals surface area contributed by atoms with Gasteiger partial charge in [-0.05, 0) is 23.3 Å². The second-order valence-electron chi connectivity index (χ2n) is 6.55. The molecule has 1 aliphatic heterocycles. The predicted molar refractivity (Wildman–Crippen MR) is 100 cm³/mol. The lowest BCUT2D eigenvalue weighted by molar-refractivity contribution is 0.324. The molecule has 2 atom stereocenters. The Bertz CT molecular complexity index is 815. The zero-order chi connectivity index (χ0) is 15.8. The Hall–Kier alpha value is -1.88. The van der Waals surface area contributed by atoms with E-state index in [1.807, 2.05) is 13.4 Å². The van der Waals surface area contributed by atoms with Crippen LogP contribution in [0.4, 0.5) is 0 Å². The molecule has 4 rings (SSSR count). The number of hydrogen-bond acceptors (Lipinski definition) is 3. The van der Waals surface area contributed by atoms with Crippen LogP contribution < -0.4 is 5.73 Å². The van der Waals surface area contributed by atoms with Gasteiger partial charge >= 0.3 is 0 Å². The van der Waals surface area contributed by atoms with Crippen molar-refractivity contribution < 1.29 is 0 Å². The Kier molecular flexibility index (Phi) is 4.90. The van der Waals surface area contributed by atoms with Gasteiger partial charge in [-0.3, -0.25) is 4.90 Å². The number of halogens is 1. The van der Waals surface area contributed by atoms with Crippen molar-refractivity contribution in [2.75, 3.05) is 13.1 Å². The van der Waals surface area contributed by atoms with E-state index in [4.69, 9.17) is 5.73 Å². The highest BCUT2D eigenvalue weighted by Crippen LogP contribution is 2.27. The van der Waals surface area contributed by atoms with Crippen LogP contribution in [0, 0.1) is 0 Å². The third kappa shape index (κ3) is 3.18. The highest BCUT2D eigenvalue weighted by atomic mass is 35.5. The summed E-state index contributed by atoms with van der Waals surface area (Å²) in [6.07, 6.45) is 1.87. The van der Waals surface area contributed by atoms with Crippen molar-refractivity contribution in [3.8, 4) is 0 Å². The van der Waals surface area contributed by atoms with Crippen molar-refractivity contribution >= 4 is 23.4 Å². The van der Waals surface area contributed by atoms with Crippen LogP contribution >= 0.6 is 12.4 Å². The smallest absolute Gasteiger partial charge is 0.0955 e. The van der Waals surface area contributed by atoms with Crippen molar-refractivity contribution in [1.29, 1.82) is 0 Å². The number of hydrogen-bond donors (Lipinski definition) is 1. The molecule has 1 aromatic heterocycles. The van der Waals surface area contributed by atoms with E-state index < -0.39 is 0 Å². The molecule has 0 spiro atoms. The standard InChI is InChI=1S/C19H22N4.ClH/c1-22-13-21-18-9-14(7-8-19(18)22)10-23-11-16(17(20)12-23)15-5-3-2-4-6-15;/h2-9,13,16-17H,10-12,20H2,1H3;1H/t16-,17+;/m0./s1. The van der Waals surface area contributed by atoms with E-state index in [1.165, 1.54) is 16.6 Å². The van der Waals surface area contributed by atoms with Gasteiger partial charge < -0.3 is 10.3 Å². The van der Waals surface area contributed by atoms with Gasteiger partial charge in [0.2, 0.25) is 0 Å². The second-order valence-corrected chi connectivity index (χ2v) is 6.55. The molecular formula is C19H23ClN4. The van der Waals surface area contributed by atoms with Gasteiger partial charge in [0.05, 0.1) is 17.4 Å². The molecule has 2 heterocycles. The lowest BCUT2D eigenvalue weighted by Crippen LogP contribution is -2.28. The van der Waals surface area contributed by atoms with Gasteiger partial charge in [-0.1, -0.05) is 36.4 Å². The van der Waals surface area contributed by atoms with E-state index in [2.05, 4.69) is 63.0 Å². The summed E-state index contributed by atoms with van der Waals surface area (Å²) in [7, 11) is 2.03. The fourth-order valence-electron chi connectivity index (χ4n) is 3.63. The van der Waals surface area contributed by atoms with E-state index in [-0.39, 0.29) is 18.4 Å². The number of benzene rings is 2. The highest BCUT2D eigenvalue weighted by Gasteiger charge is 2.30. The number of imidazole rings is 1. The van der Waals surface area contributed by atoms with Crippen molar-refractivity contribution in [2.45, 2.75) is 18.5 Å². The first-order valence-electron chi connectivity index (χ1n) is 8.13. The van der Waals surface area contributed by atoms with E-state index in [0.29, 0.717) is 5.92 Å². The van der Waals surface area contributed by atoms with Crippen LogP contribution in [-0.2, 0) is 13.6 Å². The summed E-state index contributed by atoms with van der Waals surface area (Å²) in [5.41, 5.74) is 11.3. The fourth-order valence-corrected chi connectivity index (χ4v) is 3.63. The zero-order valence-corrected chi connectivity index (χ0v) is 14.6. The summed E-state index contributed by atoms with van der Waals surface area (Å²) in [6, 6.07) is 17.4. The largest absolute Gasteiger partial charge is 0.334 e. The third-order valence-electron chi connectivity index (χ3n) is 4.86. The maximum atomic E-state index is 6.39. The van der Waals surface area contributed by atoms with Gasteiger partial charge in [-0.25, -0.2) is 4.98 Å². The minimum Gasteiger partial charge on any atom is -0.334 e. The molecule has 2 aromatic carbocycles. The number of nitrogens with two attached hydrogens (primary N) is 1. The van der Waals surface area contributed by atoms with Crippen molar-refractivity contribution in [3.63, 3.8) is 0 Å². The van der Waals surface area contributed by atoms with Gasteiger partial charge in [0.25, 0.3) is 0 Å². The molecule has 3 aromatic rings. The van der Waals surface area contributed by atoms with Gasteiger partial charge in [0.1, 0.15) is 0 Å². The fraction of sp³-hybridized carbons (Fsp3) is 0.316. The van der Waals surface area contributed by atoms with Crippen molar-refractivity contribution in [3.05, 3.63) is 66.0 Å². The summed E-state index contributed by atoms with van der Waals surface area (Å²) in [6.45, 7) is 2.90. The number of likely N-dealkylation sites (tertiary alicyclic amines) is 1. The normalized spacial score (nSPS) is 21.1. The molecule has 0 saturated carbocycles. The maximum Gasteiger partial charge on any atom is 0.0955 e. The quantitative estimate of drug-likeness (QED) is 0.796. The topological polar surface area (TPSA) is 47.1 Å². The van der Waals surface area contributed by atoms with Crippen molar-refractivity contribution in [2.24, 2.45) is 12.8 Å². The molecule has 0 unspecified atom stereocenters. The minimum absolute atomic E-state index is 0. The van der Waals surface area contributed by atoms with Crippen LogP contribution in [-0.4, -0.2) is 33.6 Å². The van der Waals surface area contributed by atoms with Crippen molar-refractivity contribution in [1.82, 2.24) is 14.5 Å². The summed E-state index contributed by atoms with van der Waals surface area (Å²) in [5.74, 6) is 0.426. The molecule has 0 amide bonds. The SMILES string of the molecule is Cl.Cn1cnc2cc(CN3C[C@@H](N)[C@H](c4ccccc4)C3)ccc21. The molecule has 24 heavy (non-hydrogen) atoms. The van der Waals surface area contributed by atoms with E-state index >= 15 is 0 Å². The molecule has 0 radical (unpaired) electrons. The van der Waals surface area contributed by atoms with Crippen LogP contribution in [0.3, 0.4) is 0 Å². The number of aryl methyl sites for hydroxylation is 1. The van der Waals surface area contributed by atoms with Crippen LogP contribution in [0.25, 0.3) is 11.0 Å². The summed E-state index contributed by atoms with van der Waals surface area (Å²) in [5, 5.41) is 0. The molecule has 5 heteroatoms. The first-order valence-corrected chi connectivity index (χ1v) is 8.13. The van der Waals surface area contributed by atoms with Crippen LogP contribution in [0.15, 0.2) is 54.9 Å². The lowest BCUT2D eigenvalue weighted by atomic mass is 9.95. The predicted octanol–water partition coefficient (Wildman–Crippen LogP) is 2.92. The monoisotopic (exact) mass is 342 g/mol. The number of rotatable bonds is 3. The van der Waals surface area contributed by atoms with E-state index in [1.54, 1.807) is 0 Å². The van der Waals surface area contributed by atoms with Crippen LogP contribution in [0.1, 0.15) is 17.0 Å². The van der Waals surface area contributed by atoms with Gasteiger partial charge in [-0.2, -0.15) is 0 Å². The Morgan fingerprint density at radius 1 is 1.12 bits per heavy atom. The lowest BCUT2D eigenvalue weighted by Gasteiger charge is -2.16. The maximum absolute atomic E-state index is 6.39. The molecule has 0 bridgehead atoms. The highest BCUT2D eigenvalue weighted by molar-refractivity contribution is 5.85. The number of aromatic nitrogens is 2. The average Bonchev–Trinajstić information content (AvgIpc) is 3.11. The van der Waals surface area contributed by atoms with Crippen LogP contribution in [0.2, 0.25) is 0 Å². The van der Waals surface area contributed by atoms with Crippen LogP contribution in [0.5, 0.6) is 0 Å². The first-order chi connectivity index (χ1) is 11.2.